The van der Waals surface area contributed by atoms with Crippen molar-refractivity contribution in [3.63, 3.8) is 0 Å². The molecule has 5 heteroatoms. The molecule has 0 unspecified atom stereocenters. The Morgan fingerprint density at radius 1 is 1.64 bits per heavy atom. The van der Waals surface area contributed by atoms with Gasteiger partial charge in [0, 0.05) is 12.3 Å². The van der Waals surface area contributed by atoms with E-state index < -0.39 is 0 Å². The highest BCUT2D eigenvalue weighted by Gasteiger charge is 2.03. The molecule has 0 bridgehead atoms. The summed E-state index contributed by atoms with van der Waals surface area (Å²) in [7, 11) is 1.88. The molecule has 0 spiro atoms. The molecule has 0 fully saturated rings. The number of aryl methyl sites for hydroxylation is 1. The van der Waals surface area contributed by atoms with Crippen LogP contribution in [-0.4, -0.2) is 15.0 Å². The minimum absolute atomic E-state index is 0.579. The molecular weight excluding hydrogens is 196 g/mol. The number of thioether (sulfide) groups is 1. The van der Waals surface area contributed by atoms with Crippen LogP contribution in [-0.2, 0) is 7.05 Å². The lowest BCUT2D eigenvalue weighted by Crippen LogP contribution is -1.90. The average molecular weight is 206 g/mol. The molecule has 0 aliphatic carbocycles. The van der Waals surface area contributed by atoms with Gasteiger partial charge < -0.3 is 0 Å². The monoisotopic (exact) mass is 206 g/mol. The number of rotatable bonds is 2. The van der Waals surface area contributed by atoms with Crippen LogP contribution in [0, 0.1) is 3.95 Å². The van der Waals surface area contributed by atoms with Crippen molar-refractivity contribution in [2.24, 2.45) is 7.05 Å². The molecule has 0 saturated carbocycles. The highest BCUT2D eigenvalue weighted by atomic mass is 32.2. The molecule has 1 rings (SSSR count). The Bertz CT molecular complexity index is 286. The maximum Gasteiger partial charge on any atom is 0.179 e. The molecule has 2 nitrogen and oxygen atoms in total. The highest BCUT2D eigenvalue weighted by molar-refractivity contribution is 8.01. The summed E-state index contributed by atoms with van der Waals surface area (Å²) in [5, 5.41) is 4.82. The van der Waals surface area contributed by atoms with Gasteiger partial charge in [-0.1, -0.05) is 36.9 Å². The zero-order chi connectivity index (χ0) is 8.43. The molecule has 0 aliphatic heterocycles. The van der Waals surface area contributed by atoms with Crippen molar-refractivity contribution in [1.82, 2.24) is 9.78 Å². The summed E-state index contributed by atoms with van der Waals surface area (Å²) in [6.45, 7) is 4.30. The molecule has 1 heterocycles. The summed E-state index contributed by atoms with van der Waals surface area (Å²) in [4.78, 5) is 0. The summed E-state index contributed by atoms with van der Waals surface area (Å²) < 4.78 is 3.64. The second-order valence-electron chi connectivity index (χ2n) is 2.42. The summed E-state index contributed by atoms with van der Waals surface area (Å²) in [6.07, 6.45) is 0. The van der Waals surface area contributed by atoms with Crippen LogP contribution in [0.3, 0.4) is 0 Å². The van der Waals surface area contributed by atoms with E-state index in [1.54, 1.807) is 27.8 Å². The van der Waals surface area contributed by atoms with E-state index in [2.05, 4.69) is 18.9 Å². The molecule has 1 aromatic heterocycles. The number of hydrogen-bond donors (Lipinski definition) is 0. The quantitative estimate of drug-likeness (QED) is 0.547. The highest BCUT2D eigenvalue weighted by Crippen LogP contribution is 2.25. The molecule has 0 atom stereocenters. The topological polar surface area (TPSA) is 17.8 Å². The van der Waals surface area contributed by atoms with E-state index in [0.29, 0.717) is 5.25 Å². The molecule has 1 aromatic rings. The van der Waals surface area contributed by atoms with Gasteiger partial charge in [0.25, 0.3) is 0 Å². The van der Waals surface area contributed by atoms with Crippen molar-refractivity contribution in [3.05, 3.63) is 3.95 Å². The lowest BCUT2D eigenvalue weighted by Gasteiger charge is -1.96. The molecule has 0 saturated heterocycles. The Hall–Kier alpha value is 0.130. The van der Waals surface area contributed by atoms with Crippen molar-refractivity contribution in [1.29, 1.82) is 0 Å². The van der Waals surface area contributed by atoms with Crippen molar-refractivity contribution >= 4 is 35.3 Å². The van der Waals surface area contributed by atoms with Crippen LogP contribution < -0.4 is 0 Å². The van der Waals surface area contributed by atoms with Crippen LogP contribution in [0.1, 0.15) is 13.8 Å². The van der Waals surface area contributed by atoms with E-state index in [4.69, 9.17) is 12.2 Å². The van der Waals surface area contributed by atoms with E-state index >= 15 is 0 Å². The van der Waals surface area contributed by atoms with E-state index in [9.17, 15) is 0 Å². The molecule has 0 aromatic carbocycles. The second kappa shape index (κ2) is 3.69. The maximum atomic E-state index is 5.03. The van der Waals surface area contributed by atoms with Crippen LogP contribution in [0.15, 0.2) is 4.34 Å². The van der Waals surface area contributed by atoms with Crippen LogP contribution in [0.5, 0.6) is 0 Å². The standard InChI is InChI=1S/C6H10N2S3/c1-4(2)10-5-7-8(3)6(9)11-5/h4H,1-3H3. The Labute approximate surface area is 79.6 Å². The van der Waals surface area contributed by atoms with Gasteiger partial charge in [0.2, 0.25) is 0 Å². The fraction of sp³-hybridized carbons (Fsp3) is 0.667. The fourth-order valence-electron chi connectivity index (χ4n) is 0.574. The van der Waals surface area contributed by atoms with Gasteiger partial charge in [-0.25, -0.2) is 4.68 Å². The Morgan fingerprint density at radius 2 is 2.27 bits per heavy atom. The maximum absolute atomic E-state index is 5.03. The van der Waals surface area contributed by atoms with Gasteiger partial charge in [-0.15, -0.1) is 0 Å². The molecule has 0 amide bonds. The summed E-state index contributed by atoms with van der Waals surface area (Å²) in [5.41, 5.74) is 0. The first-order valence-electron chi connectivity index (χ1n) is 3.30. The largest absolute Gasteiger partial charge is 0.247 e. The third-order valence-corrected chi connectivity index (χ3v) is 3.51. The Morgan fingerprint density at radius 3 is 2.64 bits per heavy atom. The zero-order valence-electron chi connectivity index (χ0n) is 6.70. The smallest absolute Gasteiger partial charge is 0.179 e. The molecule has 0 aliphatic rings. The van der Waals surface area contributed by atoms with Crippen molar-refractivity contribution in [3.8, 4) is 0 Å². The van der Waals surface area contributed by atoms with E-state index in [1.165, 1.54) is 0 Å². The SMILES string of the molecule is CC(C)Sc1nn(C)c(=S)s1. The van der Waals surface area contributed by atoms with Crippen LogP contribution in [0.25, 0.3) is 0 Å². The number of aromatic nitrogens is 2. The van der Waals surface area contributed by atoms with Gasteiger partial charge in [-0.2, -0.15) is 5.10 Å². The van der Waals surface area contributed by atoms with Gasteiger partial charge >= 0.3 is 0 Å². The summed E-state index contributed by atoms with van der Waals surface area (Å²) >= 11 is 8.36. The normalized spacial score (nSPS) is 10.9. The van der Waals surface area contributed by atoms with Gasteiger partial charge in [0.05, 0.1) is 0 Å². The Balaban J connectivity index is 2.81. The van der Waals surface area contributed by atoms with Crippen LogP contribution in [0.2, 0.25) is 0 Å². The van der Waals surface area contributed by atoms with Gasteiger partial charge in [0.1, 0.15) is 0 Å². The summed E-state index contributed by atoms with van der Waals surface area (Å²) in [5.74, 6) is 0. The minimum Gasteiger partial charge on any atom is -0.247 e. The van der Waals surface area contributed by atoms with Gasteiger partial charge in [-0.3, -0.25) is 0 Å². The van der Waals surface area contributed by atoms with E-state index in [1.807, 2.05) is 7.05 Å². The zero-order valence-corrected chi connectivity index (χ0v) is 9.15. The van der Waals surface area contributed by atoms with Gasteiger partial charge in [0.15, 0.2) is 8.29 Å². The molecule has 0 radical (unpaired) electrons. The molecule has 11 heavy (non-hydrogen) atoms. The van der Waals surface area contributed by atoms with Crippen molar-refractivity contribution in [2.75, 3.05) is 0 Å². The third kappa shape index (κ3) is 2.57. The number of nitrogens with zero attached hydrogens (tertiary/aromatic N) is 2. The third-order valence-electron chi connectivity index (χ3n) is 1.01. The van der Waals surface area contributed by atoms with Crippen LogP contribution in [0.4, 0.5) is 0 Å². The van der Waals surface area contributed by atoms with Crippen molar-refractivity contribution < 1.29 is 0 Å². The van der Waals surface area contributed by atoms with E-state index in [0.717, 1.165) is 8.29 Å². The van der Waals surface area contributed by atoms with Crippen LogP contribution >= 0.6 is 35.3 Å². The minimum atomic E-state index is 0.579. The first kappa shape index (κ1) is 9.22. The molecular formula is C6H10N2S3. The fourth-order valence-corrected chi connectivity index (χ4v) is 3.07. The van der Waals surface area contributed by atoms with Gasteiger partial charge in [-0.05, 0) is 12.2 Å². The molecule has 0 N–H and O–H groups in total. The lowest BCUT2D eigenvalue weighted by molar-refractivity contribution is 0.729. The second-order valence-corrected chi connectivity index (χ2v) is 5.87. The first-order chi connectivity index (χ1) is 5.09. The molecule has 62 valence electrons. The van der Waals surface area contributed by atoms with Crippen molar-refractivity contribution in [2.45, 2.75) is 23.4 Å². The number of hydrogen-bond acceptors (Lipinski definition) is 4. The Kier molecular flexibility index (Phi) is 3.09. The predicted molar refractivity (Wildman–Crippen MR) is 52.9 cm³/mol. The lowest BCUT2D eigenvalue weighted by atomic mass is 10.6. The summed E-state index contributed by atoms with van der Waals surface area (Å²) in [6, 6.07) is 0. The average Bonchev–Trinajstić information content (AvgIpc) is 2.10. The predicted octanol–water partition coefficient (Wildman–Crippen LogP) is 2.71. The van der Waals surface area contributed by atoms with E-state index in [-0.39, 0.29) is 0 Å². The first-order valence-corrected chi connectivity index (χ1v) is 5.41.